The van der Waals surface area contributed by atoms with E-state index in [0.717, 1.165) is 30.5 Å². The third-order valence-electron chi connectivity index (χ3n) is 2.57. The van der Waals surface area contributed by atoms with Gasteiger partial charge in [0.1, 0.15) is 0 Å². The van der Waals surface area contributed by atoms with Crippen molar-refractivity contribution in [3.8, 4) is 0 Å². The molecule has 0 amide bonds. The normalized spacial score (nSPS) is 11.4. The minimum absolute atomic E-state index is 0.906. The summed E-state index contributed by atoms with van der Waals surface area (Å²) < 4.78 is 0. The molecule has 0 aliphatic rings. The monoisotopic (exact) mass is 218 g/mol. The summed E-state index contributed by atoms with van der Waals surface area (Å²) in [6.07, 6.45) is 1.85. The standard InChI is InChI=1S/C12H18N4/c1-16(2)6-5-13-8-10-3-4-11-9-14-15-12(11)7-10/h3-4,7,9,13H,5-6,8H2,1-2H3,(H,14,15). The lowest BCUT2D eigenvalue weighted by molar-refractivity contribution is 0.400. The Kier molecular flexibility index (Phi) is 3.54. The Hall–Kier alpha value is -1.39. The maximum Gasteiger partial charge on any atom is 0.0653 e. The lowest BCUT2D eigenvalue weighted by atomic mass is 10.2. The summed E-state index contributed by atoms with van der Waals surface area (Å²) in [4.78, 5) is 2.17. The molecule has 0 atom stereocenters. The van der Waals surface area contributed by atoms with Crippen LogP contribution in [0.4, 0.5) is 0 Å². The second kappa shape index (κ2) is 5.09. The third kappa shape index (κ3) is 2.81. The first-order chi connectivity index (χ1) is 7.75. The molecule has 0 radical (unpaired) electrons. The fourth-order valence-corrected chi connectivity index (χ4v) is 1.63. The molecule has 0 aliphatic heterocycles. The van der Waals surface area contributed by atoms with Gasteiger partial charge in [0, 0.05) is 25.0 Å². The van der Waals surface area contributed by atoms with Gasteiger partial charge in [0.15, 0.2) is 0 Å². The van der Waals surface area contributed by atoms with Crippen molar-refractivity contribution in [2.24, 2.45) is 0 Å². The van der Waals surface area contributed by atoms with Crippen LogP contribution < -0.4 is 5.32 Å². The first kappa shape index (κ1) is 11.1. The molecule has 1 aromatic carbocycles. The highest BCUT2D eigenvalue weighted by molar-refractivity contribution is 5.78. The topological polar surface area (TPSA) is 44.0 Å². The molecule has 16 heavy (non-hydrogen) atoms. The van der Waals surface area contributed by atoms with Crippen molar-refractivity contribution >= 4 is 10.9 Å². The molecular formula is C12H18N4. The van der Waals surface area contributed by atoms with Crippen molar-refractivity contribution in [1.82, 2.24) is 20.4 Å². The van der Waals surface area contributed by atoms with E-state index in [0.29, 0.717) is 0 Å². The van der Waals surface area contributed by atoms with Gasteiger partial charge in [-0.25, -0.2) is 0 Å². The molecule has 0 saturated carbocycles. The number of H-pyrrole nitrogens is 1. The van der Waals surface area contributed by atoms with Crippen molar-refractivity contribution in [2.75, 3.05) is 27.2 Å². The number of nitrogens with one attached hydrogen (secondary N) is 2. The fraction of sp³-hybridized carbons (Fsp3) is 0.417. The van der Waals surface area contributed by atoms with E-state index in [-0.39, 0.29) is 0 Å². The molecule has 2 rings (SSSR count). The minimum Gasteiger partial charge on any atom is -0.311 e. The molecule has 2 N–H and O–H groups in total. The van der Waals surface area contributed by atoms with Gasteiger partial charge in [0.2, 0.25) is 0 Å². The lowest BCUT2D eigenvalue weighted by Gasteiger charge is -2.10. The molecule has 0 fully saturated rings. The Morgan fingerprint density at radius 3 is 3.06 bits per heavy atom. The average Bonchev–Trinajstić information content (AvgIpc) is 2.71. The maximum absolute atomic E-state index is 4.01. The summed E-state index contributed by atoms with van der Waals surface area (Å²) in [5.41, 5.74) is 2.39. The van der Waals surface area contributed by atoms with Gasteiger partial charge in [-0.05, 0) is 25.7 Å². The number of hydrogen-bond donors (Lipinski definition) is 2. The Bertz CT molecular complexity index is 447. The highest BCUT2D eigenvalue weighted by atomic mass is 15.1. The molecule has 86 valence electrons. The fourth-order valence-electron chi connectivity index (χ4n) is 1.63. The number of rotatable bonds is 5. The molecule has 2 aromatic rings. The van der Waals surface area contributed by atoms with Crippen molar-refractivity contribution in [3.05, 3.63) is 30.0 Å². The second-order valence-corrected chi connectivity index (χ2v) is 4.27. The number of likely N-dealkylation sites (N-methyl/N-ethyl adjacent to an activating group) is 1. The predicted octanol–water partition coefficient (Wildman–Crippen LogP) is 1.21. The number of hydrogen-bond acceptors (Lipinski definition) is 3. The van der Waals surface area contributed by atoms with Crippen LogP contribution in [0.15, 0.2) is 24.4 Å². The molecule has 4 nitrogen and oxygen atoms in total. The zero-order valence-electron chi connectivity index (χ0n) is 9.83. The number of fused-ring (bicyclic) bond motifs is 1. The van der Waals surface area contributed by atoms with E-state index in [1.807, 2.05) is 6.20 Å². The second-order valence-electron chi connectivity index (χ2n) is 4.27. The summed E-state index contributed by atoms with van der Waals surface area (Å²) in [6.45, 7) is 2.98. The van der Waals surface area contributed by atoms with Crippen LogP contribution in [0.2, 0.25) is 0 Å². The van der Waals surface area contributed by atoms with E-state index in [4.69, 9.17) is 0 Å². The molecule has 0 unspecified atom stereocenters. The van der Waals surface area contributed by atoms with Gasteiger partial charge in [-0.15, -0.1) is 0 Å². The van der Waals surface area contributed by atoms with Crippen LogP contribution in [-0.4, -0.2) is 42.3 Å². The Balaban J connectivity index is 1.89. The van der Waals surface area contributed by atoms with E-state index in [1.54, 1.807) is 0 Å². The van der Waals surface area contributed by atoms with Gasteiger partial charge in [0.05, 0.1) is 11.7 Å². The molecule has 1 heterocycles. The van der Waals surface area contributed by atoms with Gasteiger partial charge < -0.3 is 10.2 Å². The van der Waals surface area contributed by atoms with Crippen LogP contribution in [-0.2, 0) is 6.54 Å². The number of aromatic amines is 1. The van der Waals surface area contributed by atoms with Crippen molar-refractivity contribution in [3.63, 3.8) is 0 Å². The van der Waals surface area contributed by atoms with Crippen molar-refractivity contribution < 1.29 is 0 Å². The summed E-state index contributed by atoms with van der Waals surface area (Å²) in [7, 11) is 4.16. The highest BCUT2D eigenvalue weighted by Gasteiger charge is 1.97. The zero-order valence-corrected chi connectivity index (χ0v) is 9.83. The lowest BCUT2D eigenvalue weighted by Crippen LogP contribution is -2.26. The van der Waals surface area contributed by atoms with E-state index in [2.05, 4.69) is 52.7 Å². The van der Waals surface area contributed by atoms with Gasteiger partial charge >= 0.3 is 0 Å². The van der Waals surface area contributed by atoms with Crippen LogP contribution in [0.1, 0.15) is 5.56 Å². The quantitative estimate of drug-likeness (QED) is 0.741. The molecule has 0 saturated heterocycles. The molecular weight excluding hydrogens is 200 g/mol. The number of nitrogens with zero attached hydrogens (tertiary/aromatic N) is 2. The Morgan fingerprint density at radius 1 is 1.38 bits per heavy atom. The minimum atomic E-state index is 0.906. The summed E-state index contributed by atoms with van der Waals surface area (Å²) >= 11 is 0. The largest absolute Gasteiger partial charge is 0.311 e. The van der Waals surface area contributed by atoms with Gasteiger partial charge in [-0.2, -0.15) is 5.10 Å². The van der Waals surface area contributed by atoms with Crippen molar-refractivity contribution in [2.45, 2.75) is 6.54 Å². The molecule has 0 aliphatic carbocycles. The molecule has 0 spiro atoms. The highest BCUT2D eigenvalue weighted by Crippen LogP contribution is 2.12. The van der Waals surface area contributed by atoms with E-state index < -0.39 is 0 Å². The van der Waals surface area contributed by atoms with Crippen LogP contribution in [0, 0.1) is 0 Å². The molecule has 0 bridgehead atoms. The summed E-state index contributed by atoms with van der Waals surface area (Å²) in [6, 6.07) is 6.38. The van der Waals surface area contributed by atoms with E-state index in [1.165, 1.54) is 5.56 Å². The summed E-state index contributed by atoms with van der Waals surface area (Å²) in [5.74, 6) is 0. The van der Waals surface area contributed by atoms with Crippen LogP contribution in [0.5, 0.6) is 0 Å². The Morgan fingerprint density at radius 2 is 2.25 bits per heavy atom. The SMILES string of the molecule is CN(C)CCNCc1ccc2cn[nH]c2c1. The third-order valence-corrected chi connectivity index (χ3v) is 2.57. The summed E-state index contributed by atoms with van der Waals surface area (Å²) in [5, 5.41) is 11.6. The van der Waals surface area contributed by atoms with Gasteiger partial charge in [0.25, 0.3) is 0 Å². The van der Waals surface area contributed by atoms with Crippen LogP contribution in [0.3, 0.4) is 0 Å². The van der Waals surface area contributed by atoms with Gasteiger partial charge in [-0.1, -0.05) is 12.1 Å². The van der Waals surface area contributed by atoms with Crippen LogP contribution >= 0.6 is 0 Å². The average molecular weight is 218 g/mol. The maximum atomic E-state index is 4.01. The first-order valence-electron chi connectivity index (χ1n) is 5.53. The number of aromatic nitrogens is 2. The Labute approximate surface area is 95.6 Å². The predicted molar refractivity (Wildman–Crippen MR) is 66.4 cm³/mol. The van der Waals surface area contributed by atoms with E-state index >= 15 is 0 Å². The number of benzene rings is 1. The smallest absolute Gasteiger partial charge is 0.0653 e. The first-order valence-corrected chi connectivity index (χ1v) is 5.53. The van der Waals surface area contributed by atoms with Crippen molar-refractivity contribution in [1.29, 1.82) is 0 Å². The van der Waals surface area contributed by atoms with E-state index in [9.17, 15) is 0 Å². The van der Waals surface area contributed by atoms with Crippen LogP contribution in [0.25, 0.3) is 10.9 Å². The molecule has 4 heteroatoms. The molecule has 1 aromatic heterocycles. The van der Waals surface area contributed by atoms with Gasteiger partial charge in [-0.3, -0.25) is 5.10 Å². The zero-order chi connectivity index (χ0) is 11.4.